The van der Waals surface area contributed by atoms with Gasteiger partial charge in [0, 0.05) is 24.4 Å². The van der Waals surface area contributed by atoms with Gasteiger partial charge < -0.3 is 14.7 Å². The summed E-state index contributed by atoms with van der Waals surface area (Å²) in [5.74, 6) is -1.28. The van der Waals surface area contributed by atoms with Crippen molar-refractivity contribution in [2.75, 3.05) is 6.54 Å². The molecule has 0 aromatic heterocycles. The molecule has 0 radical (unpaired) electrons. The van der Waals surface area contributed by atoms with Crippen LogP contribution in [-0.4, -0.2) is 34.0 Å². The summed E-state index contributed by atoms with van der Waals surface area (Å²) in [5, 5.41) is 9.90. The van der Waals surface area contributed by atoms with E-state index in [4.69, 9.17) is 27.9 Å². The maximum atomic E-state index is 13.5. The predicted molar refractivity (Wildman–Crippen MR) is 133 cm³/mol. The zero-order chi connectivity index (χ0) is 25.2. The van der Waals surface area contributed by atoms with Crippen LogP contribution in [0.15, 0.2) is 60.7 Å². The van der Waals surface area contributed by atoms with Gasteiger partial charge in [-0.05, 0) is 59.5 Å². The fourth-order valence-electron chi connectivity index (χ4n) is 4.36. The van der Waals surface area contributed by atoms with Crippen LogP contribution in [0.3, 0.4) is 0 Å². The Morgan fingerprint density at radius 3 is 2.40 bits per heavy atom. The molecule has 0 saturated heterocycles. The molecule has 0 spiro atoms. The molecule has 35 heavy (non-hydrogen) atoms. The van der Waals surface area contributed by atoms with Crippen molar-refractivity contribution in [1.29, 1.82) is 0 Å². The Morgan fingerprint density at radius 1 is 1.03 bits per heavy atom. The highest BCUT2D eigenvalue weighted by atomic mass is 35.5. The predicted octanol–water partition coefficient (Wildman–Crippen LogP) is 5.72. The van der Waals surface area contributed by atoms with Crippen molar-refractivity contribution in [1.82, 2.24) is 4.90 Å². The average molecular weight is 516 g/mol. The molecule has 3 aromatic rings. The third kappa shape index (κ3) is 6.32. The molecular weight excluding hydrogens is 492 g/mol. The Morgan fingerprint density at radius 2 is 1.71 bits per heavy atom. The van der Waals surface area contributed by atoms with Gasteiger partial charge in [-0.15, -0.1) is 0 Å². The lowest BCUT2D eigenvalue weighted by atomic mass is 9.91. The fraction of sp³-hybridized carbons (Fsp3) is 0.259. The number of benzene rings is 3. The smallest absolute Gasteiger partial charge is 0.323 e. The van der Waals surface area contributed by atoms with Crippen LogP contribution in [0.2, 0.25) is 10.0 Å². The number of aliphatic carboxylic acids is 1. The Bertz CT molecular complexity index is 1260. The lowest BCUT2D eigenvalue weighted by Crippen LogP contribution is -2.36. The molecule has 0 bridgehead atoms. The van der Waals surface area contributed by atoms with Crippen LogP contribution in [0.4, 0.5) is 4.39 Å². The molecule has 1 N–H and O–H groups in total. The van der Waals surface area contributed by atoms with Crippen molar-refractivity contribution in [3.63, 3.8) is 0 Å². The van der Waals surface area contributed by atoms with E-state index in [9.17, 15) is 19.1 Å². The van der Waals surface area contributed by atoms with Gasteiger partial charge in [-0.3, -0.25) is 9.59 Å². The molecule has 8 heteroatoms. The number of ether oxygens (including phenoxy) is 1. The molecule has 1 aliphatic rings. The normalized spacial score (nSPS) is 16.5. The van der Waals surface area contributed by atoms with Crippen LogP contribution < -0.4 is 4.74 Å². The van der Waals surface area contributed by atoms with Crippen molar-refractivity contribution >= 4 is 35.1 Å². The molecule has 1 amide bonds. The van der Waals surface area contributed by atoms with Crippen LogP contribution in [0.5, 0.6) is 5.75 Å². The molecule has 182 valence electrons. The summed E-state index contributed by atoms with van der Waals surface area (Å²) < 4.78 is 19.7. The molecule has 3 aromatic carbocycles. The number of halogens is 3. The first kappa shape index (κ1) is 25.0. The average Bonchev–Trinajstić information content (AvgIpc) is 3.12. The van der Waals surface area contributed by atoms with E-state index in [0.29, 0.717) is 23.4 Å². The molecular formula is C27H24Cl2FNO4. The van der Waals surface area contributed by atoms with Gasteiger partial charge in [0.15, 0.2) is 0 Å². The second-order valence-corrected chi connectivity index (χ2v) is 9.89. The van der Waals surface area contributed by atoms with Crippen molar-refractivity contribution in [2.24, 2.45) is 0 Å². The first-order valence-corrected chi connectivity index (χ1v) is 11.8. The third-order valence-corrected chi connectivity index (χ3v) is 6.47. The minimum absolute atomic E-state index is 0.0123. The van der Waals surface area contributed by atoms with Crippen molar-refractivity contribution in [3.8, 4) is 5.75 Å². The van der Waals surface area contributed by atoms with Crippen molar-refractivity contribution < 1.29 is 23.8 Å². The number of rotatable bonds is 8. The van der Waals surface area contributed by atoms with Gasteiger partial charge in [0.05, 0.1) is 11.4 Å². The van der Waals surface area contributed by atoms with Crippen molar-refractivity contribution in [2.45, 2.75) is 38.3 Å². The Kier molecular flexibility index (Phi) is 7.33. The second kappa shape index (κ2) is 10.3. The molecule has 4 rings (SSSR count). The molecule has 1 unspecified atom stereocenters. The summed E-state index contributed by atoms with van der Waals surface area (Å²) in [6.07, 6.45) is 1.42. The number of carboxylic acids is 1. The SMILES string of the molecule is CC1(Cc2ccc(Cl)cc2)Cc2cc(CC(=O)N(CC(=O)O)Cc3ccc(F)c(Cl)c3)ccc2O1. The van der Waals surface area contributed by atoms with Gasteiger partial charge in [0.25, 0.3) is 0 Å². The summed E-state index contributed by atoms with van der Waals surface area (Å²) in [6, 6.07) is 17.4. The van der Waals surface area contributed by atoms with Gasteiger partial charge in [-0.2, -0.15) is 0 Å². The van der Waals surface area contributed by atoms with E-state index in [0.717, 1.165) is 22.4 Å². The van der Waals surface area contributed by atoms with Crippen LogP contribution in [0.1, 0.15) is 29.2 Å². The van der Waals surface area contributed by atoms with E-state index in [2.05, 4.69) is 6.92 Å². The molecule has 5 nitrogen and oxygen atoms in total. The Balaban J connectivity index is 1.45. The lowest BCUT2D eigenvalue weighted by molar-refractivity contribution is -0.144. The minimum atomic E-state index is -1.13. The highest BCUT2D eigenvalue weighted by molar-refractivity contribution is 6.31. The Labute approximate surface area is 213 Å². The van der Waals surface area contributed by atoms with Gasteiger partial charge in [-0.25, -0.2) is 4.39 Å². The summed E-state index contributed by atoms with van der Waals surface area (Å²) in [7, 11) is 0. The summed E-state index contributed by atoms with van der Waals surface area (Å²) in [6.45, 7) is 1.59. The second-order valence-electron chi connectivity index (χ2n) is 9.04. The van der Waals surface area contributed by atoms with Gasteiger partial charge >= 0.3 is 5.97 Å². The lowest BCUT2D eigenvalue weighted by Gasteiger charge is -2.24. The summed E-state index contributed by atoms with van der Waals surface area (Å²) >= 11 is 11.8. The van der Waals surface area contributed by atoms with Crippen molar-refractivity contribution in [3.05, 3.63) is 98.8 Å². The Hall–Kier alpha value is -3.09. The topological polar surface area (TPSA) is 66.8 Å². The monoisotopic (exact) mass is 515 g/mol. The van der Waals surface area contributed by atoms with Crippen LogP contribution >= 0.6 is 23.2 Å². The molecule has 0 aliphatic carbocycles. The van der Waals surface area contributed by atoms with E-state index in [1.807, 2.05) is 42.5 Å². The first-order valence-electron chi connectivity index (χ1n) is 11.1. The highest BCUT2D eigenvalue weighted by Crippen LogP contribution is 2.37. The number of carbonyl (C=O) groups excluding carboxylic acids is 1. The third-order valence-electron chi connectivity index (χ3n) is 5.93. The highest BCUT2D eigenvalue weighted by Gasteiger charge is 2.35. The first-order chi connectivity index (χ1) is 16.6. The number of amides is 1. The zero-order valence-corrected chi connectivity index (χ0v) is 20.6. The zero-order valence-electron chi connectivity index (χ0n) is 19.1. The van der Waals surface area contributed by atoms with E-state index in [1.54, 1.807) is 0 Å². The minimum Gasteiger partial charge on any atom is -0.487 e. The van der Waals surface area contributed by atoms with E-state index in [1.165, 1.54) is 23.1 Å². The van der Waals surface area contributed by atoms with Crippen LogP contribution in [-0.2, 0) is 35.4 Å². The maximum Gasteiger partial charge on any atom is 0.323 e. The molecule has 1 atom stereocenters. The summed E-state index contributed by atoms with van der Waals surface area (Å²) in [5.41, 5.74) is 3.01. The van der Waals surface area contributed by atoms with E-state index >= 15 is 0 Å². The maximum absolute atomic E-state index is 13.5. The molecule has 1 aliphatic heterocycles. The largest absolute Gasteiger partial charge is 0.487 e. The number of nitrogens with zero attached hydrogens (tertiary/aromatic N) is 1. The number of hydrogen-bond donors (Lipinski definition) is 1. The van der Waals surface area contributed by atoms with Gasteiger partial charge in [-0.1, -0.05) is 53.5 Å². The fourth-order valence-corrected chi connectivity index (χ4v) is 4.69. The van der Waals surface area contributed by atoms with E-state index in [-0.39, 0.29) is 23.9 Å². The van der Waals surface area contributed by atoms with Crippen LogP contribution in [0, 0.1) is 5.82 Å². The number of carbonyl (C=O) groups is 2. The number of hydrogen-bond acceptors (Lipinski definition) is 3. The van der Waals surface area contributed by atoms with Gasteiger partial charge in [0.1, 0.15) is 23.7 Å². The number of carboxylic acid groups (broad SMARTS) is 1. The van der Waals surface area contributed by atoms with Crippen LogP contribution in [0.25, 0.3) is 0 Å². The number of fused-ring (bicyclic) bond motifs is 1. The molecule has 0 saturated carbocycles. The van der Waals surface area contributed by atoms with E-state index < -0.39 is 23.9 Å². The quantitative estimate of drug-likeness (QED) is 0.416. The van der Waals surface area contributed by atoms with Gasteiger partial charge in [0.2, 0.25) is 5.91 Å². The molecule has 1 heterocycles. The summed E-state index contributed by atoms with van der Waals surface area (Å²) in [4.78, 5) is 25.6. The molecule has 0 fully saturated rings. The standard InChI is InChI=1S/C27H24Cl2FNO4/c1-27(13-17-2-6-21(28)7-3-17)14-20-10-18(5-9-24(20)35-27)12-25(32)31(16-26(33)34)15-19-4-8-23(30)22(29)11-19/h2-11H,12-16H2,1H3,(H,33,34).